The number of benzene rings is 1. The fraction of sp³-hybridized carbons (Fsp3) is 0.385. The molecule has 0 radical (unpaired) electrons. The molecule has 2 nitrogen and oxygen atoms in total. The summed E-state index contributed by atoms with van der Waals surface area (Å²) in [6.45, 7) is 6.64. The Morgan fingerprint density at radius 1 is 1.06 bits per heavy atom. The van der Waals surface area contributed by atoms with Crippen LogP contribution in [0, 0.1) is 11.5 Å². The Kier molecular flexibility index (Phi) is 4.03. The molecule has 0 atom stereocenters. The van der Waals surface area contributed by atoms with Crippen molar-refractivity contribution in [2.75, 3.05) is 14.2 Å². The molecule has 86 valence electrons. The molecule has 0 saturated carbocycles. The first-order chi connectivity index (χ1) is 7.46. The lowest BCUT2D eigenvalue weighted by atomic mass is 10.2. The quantitative estimate of drug-likeness (QED) is 0.578. The van der Waals surface area contributed by atoms with Crippen LogP contribution in [0.3, 0.4) is 0 Å². The fourth-order valence-electron chi connectivity index (χ4n) is 1.17. The number of hydrogen-bond acceptors (Lipinski definition) is 2. The summed E-state index contributed by atoms with van der Waals surface area (Å²) in [7, 11) is 1.94. The van der Waals surface area contributed by atoms with Crippen LogP contribution in [0.2, 0.25) is 19.6 Å². The lowest BCUT2D eigenvalue weighted by molar-refractivity contribution is 0.402. The van der Waals surface area contributed by atoms with Gasteiger partial charge in [0.1, 0.15) is 19.6 Å². The third kappa shape index (κ3) is 3.63. The van der Waals surface area contributed by atoms with E-state index < -0.39 is 8.07 Å². The third-order valence-electron chi connectivity index (χ3n) is 1.98. The predicted octanol–water partition coefficient (Wildman–Crippen LogP) is 2.93. The highest BCUT2D eigenvalue weighted by Crippen LogP contribution is 2.23. The van der Waals surface area contributed by atoms with Gasteiger partial charge in [-0.2, -0.15) is 0 Å². The first kappa shape index (κ1) is 12.7. The molecule has 0 spiro atoms. The second kappa shape index (κ2) is 5.09. The Bertz CT molecular complexity index is 422. The second-order valence-electron chi connectivity index (χ2n) is 4.57. The monoisotopic (exact) mass is 234 g/mol. The summed E-state index contributed by atoms with van der Waals surface area (Å²) in [4.78, 5) is 0. The molecule has 0 amide bonds. The zero-order valence-electron chi connectivity index (χ0n) is 10.5. The minimum Gasteiger partial charge on any atom is -0.497 e. The molecule has 0 heterocycles. The Hall–Kier alpha value is -1.40. The molecule has 0 fully saturated rings. The Morgan fingerprint density at radius 2 is 1.75 bits per heavy atom. The average Bonchev–Trinajstić information content (AvgIpc) is 2.25. The van der Waals surface area contributed by atoms with E-state index in [-0.39, 0.29) is 0 Å². The van der Waals surface area contributed by atoms with Gasteiger partial charge in [-0.15, -0.1) is 5.54 Å². The second-order valence-corrected chi connectivity index (χ2v) is 9.32. The van der Waals surface area contributed by atoms with Crippen molar-refractivity contribution in [3.63, 3.8) is 0 Å². The molecule has 0 aliphatic carbocycles. The lowest BCUT2D eigenvalue weighted by Gasteiger charge is -2.07. The van der Waals surface area contributed by atoms with Crippen molar-refractivity contribution >= 4 is 8.07 Å². The van der Waals surface area contributed by atoms with Crippen molar-refractivity contribution in [2.24, 2.45) is 0 Å². The third-order valence-corrected chi connectivity index (χ3v) is 2.85. The van der Waals surface area contributed by atoms with E-state index in [0.717, 1.165) is 17.1 Å². The van der Waals surface area contributed by atoms with Crippen molar-refractivity contribution in [1.29, 1.82) is 0 Å². The summed E-state index contributed by atoms with van der Waals surface area (Å²) in [5.41, 5.74) is 4.21. The van der Waals surface area contributed by atoms with E-state index in [1.54, 1.807) is 14.2 Å². The van der Waals surface area contributed by atoms with Crippen LogP contribution in [0.15, 0.2) is 18.2 Å². The van der Waals surface area contributed by atoms with Gasteiger partial charge in [0, 0.05) is 0 Å². The van der Waals surface area contributed by atoms with Crippen molar-refractivity contribution in [1.82, 2.24) is 0 Å². The van der Waals surface area contributed by atoms with E-state index in [2.05, 4.69) is 31.1 Å². The van der Waals surface area contributed by atoms with Crippen LogP contribution >= 0.6 is 0 Å². The lowest BCUT2D eigenvalue weighted by Crippen LogP contribution is -2.16. The number of methoxy groups -OCH3 is 2. The SMILES string of the molecule is COc1ccc(OC)c(C#C[Si](C)(C)C)c1. The van der Waals surface area contributed by atoms with Crippen molar-refractivity contribution < 1.29 is 9.47 Å². The zero-order chi connectivity index (χ0) is 12.2. The van der Waals surface area contributed by atoms with Gasteiger partial charge in [0.25, 0.3) is 0 Å². The van der Waals surface area contributed by atoms with E-state index in [1.165, 1.54) is 0 Å². The van der Waals surface area contributed by atoms with Crippen LogP contribution in [0.1, 0.15) is 5.56 Å². The first-order valence-electron chi connectivity index (χ1n) is 5.21. The molecule has 1 aromatic carbocycles. The summed E-state index contributed by atoms with van der Waals surface area (Å²) in [6, 6.07) is 5.66. The molecule has 3 heteroatoms. The molecular weight excluding hydrogens is 216 g/mol. The highest BCUT2D eigenvalue weighted by molar-refractivity contribution is 6.83. The predicted molar refractivity (Wildman–Crippen MR) is 69.8 cm³/mol. The molecule has 0 unspecified atom stereocenters. The standard InChI is InChI=1S/C13H18O2Si/c1-14-12-6-7-13(15-2)11(10-12)8-9-16(3,4)5/h6-7,10H,1-5H3. The molecule has 0 bridgehead atoms. The summed E-state index contributed by atoms with van der Waals surface area (Å²) in [5, 5.41) is 0. The number of ether oxygens (including phenoxy) is 2. The van der Waals surface area contributed by atoms with Gasteiger partial charge in [0.05, 0.1) is 19.8 Å². The van der Waals surface area contributed by atoms with Crippen LogP contribution in [0.25, 0.3) is 0 Å². The van der Waals surface area contributed by atoms with Crippen molar-refractivity contribution in [3.8, 4) is 23.0 Å². The molecule has 0 N–H and O–H groups in total. The Labute approximate surface area is 98.6 Å². The van der Waals surface area contributed by atoms with Crippen LogP contribution in [-0.4, -0.2) is 22.3 Å². The van der Waals surface area contributed by atoms with E-state index in [0.29, 0.717) is 0 Å². The van der Waals surface area contributed by atoms with E-state index in [4.69, 9.17) is 9.47 Å². The van der Waals surface area contributed by atoms with Gasteiger partial charge in [-0.1, -0.05) is 25.6 Å². The average molecular weight is 234 g/mol. The summed E-state index contributed by atoms with van der Waals surface area (Å²) in [6.07, 6.45) is 0. The molecule has 0 aromatic heterocycles. The van der Waals surface area contributed by atoms with Crippen LogP contribution in [0.4, 0.5) is 0 Å². The summed E-state index contributed by atoms with van der Waals surface area (Å²) in [5.74, 6) is 4.79. The fourth-order valence-corrected chi connectivity index (χ4v) is 1.68. The number of hydrogen-bond donors (Lipinski definition) is 0. The molecule has 1 rings (SSSR count). The Morgan fingerprint density at radius 3 is 2.25 bits per heavy atom. The van der Waals surface area contributed by atoms with Crippen molar-refractivity contribution in [2.45, 2.75) is 19.6 Å². The normalized spacial score (nSPS) is 10.3. The highest BCUT2D eigenvalue weighted by atomic mass is 28.3. The smallest absolute Gasteiger partial charge is 0.134 e. The summed E-state index contributed by atoms with van der Waals surface area (Å²) < 4.78 is 10.4. The number of rotatable bonds is 2. The molecule has 0 saturated heterocycles. The minimum absolute atomic E-state index is 0.798. The van der Waals surface area contributed by atoms with Gasteiger partial charge in [0.2, 0.25) is 0 Å². The van der Waals surface area contributed by atoms with Crippen molar-refractivity contribution in [3.05, 3.63) is 23.8 Å². The van der Waals surface area contributed by atoms with Crippen LogP contribution < -0.4 is 9.47 Å². The maximum absolute atomic E-state index is 5.27. The minimum atomic E-state index is -1.36. The maximum Gasteiger partial charge on any atom is 0.134 e. The molecule has 1 aromatic rings. The van der Waals surface area contributed by atoms with E-state index >= 15 is 0 Å². The van der Waals surface area contributed by atoms with E-state index in [1.807, 2.05) is 18.2 Å². The maximum atomic E-state index is 5.27. The van der Waals surface area contributed by atoms with Crippen LogP contribution in [0.5, 0.6) is 11.5 Å². The van der Waals surface area contributed by atoms with Crippen LogP contribution in [-0.2, 0) is 0 Å². The largest absolute Gasteiger partial charge is 0.497 e. The molecular formula is C13H18O2Si. The topological polar surface area (TPSA) is 18.5 Å². The molecule has 0 aliphatic rings. The van der Waals surface area contributed by atoms with E-state index in [9.17, 15) is 0 Å². The summed E-state index contributed by atoms with van der Waals surface area (Å²) >= 11 is 0. The van der Waals surface area contributed by atoms with Gasteiger partial charge < -0.3 is 9.47 Å². The molecule has 16 heavy (non-hydrogen) atoms. The highest BCUT2D eigenvalue weighted by Gasteiger charge is 2.08. The van der Waals surface area contributed by atoms with Gasteiger partial charge >= 0.3 is 0 Å². The molecule has 0 aliphatic heterocycles. The van der Waals surface area contributed by atoms with Gasteiger partial charge in [0.15, 0.2) is 0 Å². The van der Waals surface area contributed by atoms with Gasteiger partial charge in [-0.25, -0.2) is 0 Å². The Balaban J connectivity index is 3.13. The first-order valence-corrected chi connectivity index (χ1v) is 8.71. The zero-order valence-corrected chi connectivity index (χ0v) is 11.5. The van der Waals surface area contributed by atoms with Gasteiger partial charge in [-0.05, 0) is 18.2 Å². The van der Waals surface area contributed by atoms with Gasteiger partial charge in [-0.3, -0.25) is 0 Å².